The quantitative estimate of drug-likeness (QED) is 0.633. The molecular weight excluding hydrogens is 234 g/mol. The minimum Gasteiger partial charge on any atom is -0.395 e. The van der Waals surface area contributed by atoms with Gasteiger partial charge in [0.2, 0.25) is 0 Å². The lowest BCUT2D eigenvalue weighted by molar-refractivity contribution is 0.0679. The molecule has 0 aromatic carbocycles. The summed E-state index contributed by atoms with van der Waals surface area (Å²) in [5.74, 6) is 0. The van der Waals surface area contributed by atoms with Gasteiger partial charge in [-0.1, -0.05) is 12.2 Å². The molecule has 0 aromatic rings. The summed E-state index contributed by atoms with van der Waals surface area (Å²) in [7, 11) is 0. The van der Waals surface area contributed by atoms with Gasteiger partial charge in [0.05, 0.1) is 18.1 Å². The van der Waals surface area contributed by atoms with Crippen molar-refractivity contribution in [3.05, 3.63) is 0 Å². The summed E-state index contributed by atoms with van der Waals surface area (Å²) < 4.78 is 24.6. The Kier molecular flexibility index (Phi) is 5.01. The second kappa shape index (κ2) is 5.84. The van der Waals surface area contributed by atoms with E-state index in [0.29, 0.717) is 18.0 Å². The van der Waals surface area contributed by atoms with Crippen molar-refractivity contribution in [1.82, 2.24) is 4.90 Å². The Hall–Kier alpha value is -0.330. The summed E-state index contributed by atoms with van der Waals surface area (Å²) in [6.07, 6.45) is 0.214. The second-order valence-corrected chi connectivity index (χ2v) is 5.02. The first-order chi connectivity index (χ1) is 7.47. The number of aliphatic hydroxyl groups is 1. The van der Waals surface area contributed by atoms with Crippen molar-refractivity contribution >= 4 is 17.2 Å². The van der Waals surface area contributed by atoms with Crippen LogP contribution in [0, 0.1) is 5.41 Å². The minimum absolute atomic E-state index is 0.00407. The lowest BCUT2D eigenvalue weighted by Gasteiger charge is -2.26. The predicted octanol–water partition coefficient (Wildman–Crippen LogP) is 1.00. The third-order valence-electron chi connectivity index (χ3n) is 2.88. The van der Waals surface area contributed by atoms with E-state index in [4.69, 9.17) is 23.1 Å². The normalized spacial score (nSPS) is 18.1. The molecular formula is C10H18F2N2OS. The van der Waals surface area contributed by atoms with E-state index in [2.05, 4.69) is 0 Å². The minimum atomic E-state index is -2.37. The van der Waals surface area contributed by atoms with E-state index in [-0.39, 0.29) is 25.1 Å². The van der Waals surface area contributed by atoms with Crippen molar-refractivity contribution < 1.29 is 13.9 Å². The Bertz CT molecular complexity index is 247. The van der Waals surface area contributed by atoms with Crippen LogP contribution >= 0.6 is 12.2 Å². The van der Waals surface area contributed by atoms with E-state index in [0.717, 1.165) is 12.8 Å². The van der Waals surface area contributed by atoms with Crippen LogP contribution in [0.3, 0.4) is 0 Å². The molecule has 16 heavy (non-hydrogen) atoms. The van der Waals surface area contributed by atoms with Gasteiger partial charge < -0.3 is 10.8 Å². The molecule has 3 nitrogen and oxygen atoms in total. The van der Waals surface area contributed by atoms with Crippen LogP contribution in [0.25, 0.3) is 0 Å². The number of hydrogen-bond acceptors (Lipinski definition) is 3. The molecule has 0 amide bonds. The van der Waals surface area contributed by atoms with E-state index in [1.807, 2.05) is 0 Å². The molecule has 0 aromatic heterocycles. The molecule has 0 unspecified atom stereocenters. The van der Waals surface area contributed by atoms with Gasteiger partial charge in [-0.05, 0) is 18.3 Å². The average molecular weight is 252 g/mol. The monoisotopic (exact) mass is 252 g/mol. The summed E-state index contributed by atoms with van der Waals surface area (Å²) in [6, 6.07) is 0. The summed E-state index contributed by atoms with van der Waals surface area (Å²) >= 11 is 4.85. The van der Waals surface area contributed by atoms with Crippen molar-refractivity contribution in [2.75, 3.05) is 26.2 Å². The fourth-order valence-corrected chi connectivity index (χ4v) is 2.29. The second-order valence-electron chi connectivity index (χ2n) is 4.49. The SMILES string of the molecule is NC(=S)CC1(CN(CCO)CC(F)F)CC1. The maximum atomic E-state index is 12.3. The molecule has 6 heteroatoms. The molecule has 0 radical (unpaired) electrons. The Morgan fingerprint density at radius 3 is 2.50 bits per heavy atom. The van der Waals surface area contributed by atoms with Crippen LogP contribution in [0.15, 0.2) is 0 Å². The van der Waals surface area contributed by atoms with Gasteiger partial charge in [-0.2, -0.15) is 0 Å². The molecule has 0 bridgehead atoms. The molecule has 0 heterocycles. The van der Waals surface area contributed by atoms with Crippen molar-refractivity contribution in [3.63, 3.8) is 0 Å². The van der Waals surface area contributed by atoms with Crippen molar-refractivity contribution in [2.24, 2.45) is 11.1 Å². The third-order valence-corrected chi connectivity index (χ3v) is 3.02. The lowest BCUT2D eigenvalue weighted by atomic mass is 10.0. The Morgan fingerprint density at radius 1 is 1.50 bits per heavy atom. The molecule has 0 spiro atoms. The maximum absolute atomic E-state index is 12.3. The number of rotatable bonds is 8. The molecule has 0 aliphatic heterocycles. The van der Waals surface area contributed by atoms with Gasteiger partial charge in [0.25, 0.3) is 6.43 Å². The van der Waals surface area contributed by atoms with Gasteiger partial charge in [-0.15, -0.1) is 0 Å². The van der Waals surface area contributed by atoms with E-state index in [1.54, 1.807) is 4.90 Å². The summed E-state index contributed by atoms with van der Waals surface area (Å²) in [6.45, 7) is 0.439. The molecule has 1 aliphatic rings. The Balaban J connectivity index is 2.44. The highest BCUT2D eigenvalue weighted by molar-refractivity contribution is 7.80. The van der Waals surface area contributed by atoms with E-state index >= 15 is 0 Å². The number of nitrogens with two attached hydrogens (primary N) is 1. The summed E-state index contributed by atoms with van der Waals surface area (Å²) in [5.41, 5.74) is 5.48. The zero-order chi connectivity index (χ0) is 12.2. The first kappa shape index (κ1) is 13.7. The van der Waals surface area contributed by atoms with Crippen LogP contribution < -0.4 is 5.73 Å². The van der Waals surface area contributed by atoms with Crippen LogP contribution in [0.2, 0.25) is 0 Å². The van der Waals surface area contributed by atoms with E-state index in [9.17, 15) is 8.78 Å². The van der Waals surface area contributed by atoms with Crippen molar-refractivity contribution in [3.8, 4) is 0 Å². The molecule has 0 atom stereocenters. The number of alkyl halides is 2. The molecule has 1 aliphatic carbocycles. The molecule has 1 rings (SSSR count). The number of nitrogens with zero attached hydrogens (tertiary/aromatic N) is 1. The fraction of sp³-hybridized carbons (Fsp3) is 0.900. The first-order valence-electron chi connectivity index (χ1n) is 5.37. The molecule has 3 N–H and O–H groups in total. The van der Waals surface area contributed by atoms with Crippen LogP contribution in [0.4, 0.5) is 8.78 Å². The van der Waals surface area contributed by atoms with Crippen molar-refractivity contribution in [2.45, 2.75) is 25.7 Å². The number of aliphatic hydroxyl groups excluding tert-OH is 1. The smallest absolute Gasteiger partial charge is 0.251 e. The Morgan fingerprint density at radius 2 is 2.12 bits per heavy atom. The highest BCUT2D eigenvalue weighted by Crippen LogP contribution is 2.49. The highest BCUT2D eigenvalue weighted by atomic mass is 32.1. The number of thiocarbonyl (C=S) groups is 1. The van der Waals surface area contributed by atoms with Gasteiger partial charge in [0.15, 0.2) is 0 Å². The molecule has 1 saturated carbocycles. The van der Waals surface area contributed by atoms with Gasteiger partial charge in [0.1, 0.15) is 0 Å². The zero-order valence-electron chi connectivity index (χ0n) is 9.16. The first-order valence-corrected chi connectivity index (χ1v) is 5.78. The van der Waals surface area contributed by atoms with E-state index < -0.39 is 6.43 Å². The molecule has 1 fully saturated rings. The predicted molar refractivity (Wildman–Crippen MR) is 62.6 cm³/mol. The number of halogens is 2. The van der Waals surface area contributed by atoms with Gasteiger partial charge in [0, 0.05) is 19.5 Å². The zero-order valence-corrected chi connectivity index (χ0v) is 9.98. The van der Waals surface area contributed by atoms with E-state index in [1.165, 1.54) is 0 Å². The Labute approximate surface area is 99.6 Å². The largest absolute Gasteiger partial charge is 0.395 e. The fourth-order valence-electron chi connectivity index (χ4n) is 1.98. The van der Waals surface area contributed by atoms with Crippen LogP contribution in [-0.4, -0.2) is 47.7 Å². The summed E-state index contributed by atoms with van der Waals surface area (Å²) in [4.78, 5) is 2.04. The van der Waals surface area contributed by atoms with Crippen LogP contribution in [-0.2, 0) is 0 Å². The maximum Gasteiger partial charge on any atom is 0.251 e. The molecule has 0 saturated heterocycles. The van der Waals surface area contributed by atoms with Crippen LogP contribution in [0.1, 0.15) is 19.3 Å². The topological polar surface area (TPSA) is 49.5 Å². The molecule has 94 valence electrons. The lowest BCUT2D eigenvalue weighted by Crippen LogP contribution is -2.37. The standard InChI is InChI=1S/C10H18F2N2OS/c11-8(12)6-14(3-4-15)7-10(1-2-10)5-9(13)16/h8,15H,1-7H2,(H2,13,16). The average Bonchev–Trinajstić information content (AvgIpc) is 2.82. The third kappa shape index (κ3) is 4.67. The summed E-state index contributed by atoms with van der Waals surface area (Å²) in [5, 5.41) is 8.81. The van der Waals surface area contributed by atoms with Crippen LogP contribution in [0.5, 0.6) is 0 Å². The highest BCUT2D eigenvalue weighted by Gasteiger charge is 2.44. The van der Waals surface area contributed by atoms with Gasteiger partial charge in [-0.3, -0.25) is 4.90 Å². The number of hydrogen-bond donors (Lipinski definition) is 2. The van der Waals surface area contributed by atoms with Gasteiger partial charge >= 0.3 is 0 Å². The van der Waals surface area contributed by atoms with Gasteiger partial charge in [-0.25, -0.2) is 8.78 Å². The van der Waals surface area contributed by atoms with Crippen molar-refractivity contribution in [1.29, 1.82) is 0 Å².